The molecular formula is C75H145NO5. The van der Waals surface area contributed by atoms with E-state index in [9.17, 15) is 19.8 Å². The summed E-state index contributed by atoms with van der Waals surface area (Å²) >= 11 is 0. The first kappa shape index (κ1) is 79.3. The summed E-state index contributed by atoms with van der Waals surface area (Å²) in [7, 11) is 0. The van der Waals surface area contributed by atoms with E-state index in [0.29, 0.717) is 25.9 Å². The van der Waals surface area contributed by atoms with E-state index >= 15 is 0 Å². The first-order valence-corrected chi connectivity index (χ1v) is 37.1. The van der Waals surface area contributed by atoms with Crippen LogP contribution in [0.4, 0.5) is 0 Å². The second-order valence-electron chi connectivity index (χ2n) is 25.6. The number of aliphatic hydroxyl groups is 2. The molecule has 0 aliphatic carbocycles. The van der Waals surface area contributed by atoms with Gasteiger partial charge in [0.25, 0.3) is 0 Å². The molecule has 0 aliphatic heterocycles. The third-order valence-electron chi connectivity index (χ3n) is 17.5. The summed E-state index contributed by atoms with van der Waals surface area (Å²) in [6, 6.07) is -0.538. The topological polar surface area (TPSA) is 95.9 Å². The second kappa shape index (κ2) is 70.8. The zero-order valence-electron chi connectivity index (χ0n) is 55.0. The van der Waals surface area contributed by atoms with Gasteiger partial charge in [0.15, 0.2) is 0 Å². The fraction of sp³-hybridized carbons (Fsp3) is 0.920. The number of unbranched alkanes of at least 4 members (excludes halogenated alkanes) is 55. The third kappa shape index (κ3) is 67.3. The molecule has 0 radical (unpaired) electrons. The summed E-state index contributed by atoms with van der Waals surface area (Å²) in [6.45, 7) is 4.98. The maximum absolute atomic E-state index is 12.5. The standard InChI is InChI=1S/C75H145NO5/c1-3-5-7-9-11-13-15-44-47-51-55-59-63-67-73(78)72(71-77)76-74(79)68-64-60-56-52-48-45-42-40-38-36-34-32-30-28-26-24-22-20-18-17-19-21-23-25-27-29-31-33-35-37-39-41-43-46-50-54-58-62-66-70-81-75(80)69-65-61-57-53-49-16-14-12-10-8-6-4-2/h17-18,21,23,72-73,77-78H,3-16,19-20,22,24-71H2,1-2H3,(H,76,79)/b18-17-,23-21-. The third-order valence-corrected chi connectivity index (χ3v) is 17.5. The van der Waals surface area contributed by atoms with Gasteiger partial charge in [0.1, 0.15) is 0 Å². The molecule has 6 nitrogen and oxygen atoms in total. The molecule has 81 heavy (non-hydrogen) atoms. The van der Waals surface area contributed by atoms with Crippen LogP contribution in [0.5, 0.6) is 0 Å². The number of nitrogens with one attached hydrogen (secondary N) is 1. The minimum atomic E-state index is -0.661. The van der Waals surface area contributed by atoms with Gasteiger partial charge in [0.2, 0.25) is 5.91 Å². The summed E-state index contributed by atoms with van der Waals surface area (Å²) in [5, 5.41) is 23.3. The highest BCUT2D eigenvalue weighted by atomic mass is 16.5. The van der Waals surface area contributed by atoms with Gasteiger partial charge in [-0.3, -0.25) is 9.59 Å². The zero-order chi connectivity index (χ0) is 58.5. The van der Waals surface area contributed by atoms with Crippen molar-refractivity contribution >= 4 is 11.9 Å². The first-order valence-electron chi connectivity index (χ1n) is 37.1. The maximum Gasteiger partial charge on any atom is 0.305 e. The largest absolute Gasteiger partial charge is 0.466 e. The van der Waals surface area contributed by atoms with Crippen molar-refractivity contribution in [1.82, 2.24) is 5.32 Å². The number of ether oxygens (including phenoxy) is 1. The first-order chi connectivity index (χ1) is 40.0. The lowest BCUT2D eigenvalue weighted by atomic mass is 10.0. The van der Waals surface area contributed by atoms with E-state index in [4.69, 9.17) is 4.74 Å². The number of carbonyl (C=O) groups excluding carboxylic acids is 2. The lowest BCUT2D eigenvalue weighted by Gasteiger charge is -2.22. The highest BCUT2D eigenvalue weighted by Gasteiger charge is 2.20. The molecule has 480 valence electrons. The number of esters is 1. The predicted molar refractivity (Wildman–Crippen MR) is 356 cm³/mol. The number of aliphatic hydroxyl groups excluding tert-OH is 2. The molecule has 0 bridgehead atoms. The number of amides is 1. The Hall–Kier alpha value is -1.66. The molecule has 3 N–H and O–H groups in total. The van der Waals surface area contributed by atoms with Crippen molar-refractivity contribution in [2.24, 2.45) is 0 Å². The fourth-order valence-electron chi connectivity index (χ4n) is 11.9. The molecule has 0 spiro atoms. The Morgan fingerprint density at radius 1 is 0.346 bits per heavy atom. The molecule has 0 saturated heterocycles. The highest BCUT2D eigenvalue weighted by molar-refractivity contribution is 5.76. The summed E-state index contributed by atoms with van der Waals surface area (Å²) < 4.78 is 5.49. The van der Waals surface area contributed by atoms with E-state index in [1.54, 1.807) is 0 Å². The fourth-order valence-corrected chi connectivity index (χ4v) is 11.9. The summed E-state index contributed by atoms with van der Waals surface area (Å²) in [6.07, 6.45) is 89.8. The van der Waals surface area contributed by atoms with Gasteiger partial charge in [-0.05, 0) is 57.8 Å². The molecular weight excluding hydrogens is 995 g/mol. The van der Waals surface area contributed by atoms with Crippen molar-refractivity contribution < 1.29 is 24.5 Å². The van der Waals surface area contributed by atoms with Gasteiger partial charge in [0.05, 0.1) is 25.4 Å². The van der Waals surface area contributed by atoms with Crippen LogP contribution in [0.15, 0.2) is 24.3 Å². The van der Waals surface area contributed by atoms with Gasteiger partial charge >= 0.3 is 5.97 Å². The number of hydrogen-bond donors (Lipinski definition) is 3. The van der Waals surface area contributed by atoms with Crippen molar-refractivity contribution in [3.8, 4) is 0 Å². The van der Waals surface area contributed by atoms with E-state index in [0.717, 1.165) is 44.9 Å². The zero-order valence-corrected chi connectivity index (χ0v) is 55.0. The Bertz CT molecular complexity index is 1270. The SMILES string of the molecule is CCCCCCCCCCCCCCCC(O)C(CO)NC(=O)CCCCCCCCCCCCCCCCCCC/C=C\C/C=C\CCCCCCCCCCCCCCCCCOC(=O)CCCCCCCCCCCCCC. The molecule has 2 atom stereocenters. The number of carbonyl (C=O) groups is 2. The average molecular weight is 1140 g/mol. The van der Waals surface area contributed by atoms with Gasteiger partial charge < -0.3 is 20.3 Å². The van der Waals surface area contributed by atoms with E-state index in [2.05, 4.69) is 43.5 Å². The summed E-state index contributed by atoms with van der Waals surface area (Å²) in [5.74, 6) is -0.00797. The molecule has 0 aromatic carbocycles. The van der Waals surface area contributed by atoms with Crippen LogP contribution in [0.1, 0.15) is 418 Å². The molecule has 0 aromatic heterocycles. The van der Waals surface area contributed by atoms with Crippen LogP contribution in [0.25, 0.3) is 0 Å². The Kier molecular flexibility index (Phi) is 69.4. The molecule has 0 fully saturated rings. The van der Waals surface area contributed by atoms with Crippen LogP contribution < -0.4 is 5.32 Å². The van der Waals surface area contributed by atoms with Gasteiger partial charge in [0, 0.05) is 12.8 Å². The van der Waals surface area contributed by atoms with Gasteiger partial charge in [-0.1, -0.05) is 372 Å². The monoisotopic (exact) mass is 1140 g/mol. The molecule has 0 heterocycles. The molecule has 6 heteroatoms. The minimum Gasteiger partial charge on any atom is -0.466 e. The van der Waals surface area contributed by atoms with E-state index < -0.39 is 12.1 Å². The Morgan fingerprint density at radius 3 is 0.938 bits per heavy atom. The predicted octanol–water partition coefficient (Wildman–Crippen LogP) is 24.1. The lowest BCUT2D eigenvalue weighted by molar-refractivity contribution is -0.143. The van der Waals surface area contributed by atoms with Crippen molar-refractivity contribution in [2.45, 2.75) is 431 Å². The quantitative estimate of drug-likeness (QED) is 0.0320. The maximum atomic E-state index is 12.5. The Labute approximate surface area is 507 Å². The minimum absolute atomic E-state index is 0.0216. The van der Waals surface area contributed by atoms with Gasteiger partial charge in [-0.25, -0.2) is 0 Å². The molecule has 0 aromatic rings. The highest BCUT2D eigenvalue weighted by Crippen LogP contribution is 2.19. The lowest BCUT2D eigenvalue weighted by Crippen LogP contribution is -2.45. The number of allylic oxidation sites excluding steroid dienone is 4. The van der Waals surface area contributed by atoms with Crippen LogP contribution in [-0.2, 0) is 14.3 Å². The van der Waals surface area contributed by atoms with Crippen LogP contribution >= 0.6 is 0 Å². The van der Waals surface area contributed by atoms with Crippen LogP contribution in [0.3, 0.4) is 0 Å². The molecule has 0 saturated carbocycles. The van der Waals surface area contributed by atoms with Crippen LogP contribution in [-0.4, -0.2) is 47.4 Å². The number of hydrogen-bond acceptors (Lipinski definition) is 5. The van der Waals surface area contributed by atoms with Crippen molar-refractivity contribution in [2.75, 3.05) is 13.2 Å². The molecule has 0 rings (SSSR count). The molecule has 1 amide bonds. The molecule has 0 aliphatic rings. The smallest absolute Gasteiger partial charge is 0.305 e. The Morgan fingerprint density at radius 2 is 0.617 bits per heavy atom. The van der Waals surface area contributed by atoms with E-state index in [1.807, 2.05) is 0 Å². The summed E-state index contributed by atoms with van der Waals surface area (Å²) in [5.41, 5.74) is 0. The van der Waals surface area contributed by atoms with Crippen molar-refractivity contribution in [3.05, 3.63) is 24.3 Å². The van der Waals surface area contributed by atoms with Crippen LogP contribution in [0, 0.1) is 0 Å². The molecule has 2 unspecified atom stereocenters. The summed E-state index contributed by atoms with van der Waals surface area (Å²) in [4.78, 5) is 24.5. The van der Waals surface area contributed by atoms with E-state index in [1.165, 1.54) is 340 Å². The van der Waals surface area contributed by atoms with Crippen molar-refractivity contribution in [3.63, 3.8) is 0 Å². The second-order valence-corrected chi connectivity index (χ2v) is 25.6. The number of rotatable bonds is 70. The average Bonchev–Trinajstić information content (AvgIpc) is 3.47. The van der Waals surface area contributed by atoms with Gasteiger partial charge in [-0.15, -0.1) is 0 Å². The normalized spacial score (nSPS) is 12.6. The Balaban J connectivity index is 3.33. The van der Waals surface area contributed by atoms with Crippen LogP contribution in [0.2, 0.25) is 0 Å². The van der Waals surface area contributed by atoms with E-state index in [-0.39, 0.29) is 18.5 Å². The van der Waals surface area contributed by atoms with Gasteiger partial charge in [-0.2, -0.15) is 0 Å². The van der Waals surface area contributed by atoms with Crippen molar-refractivity contribution in [1.29, 1.82) is 0 Å².